The standard InChI is InChI=1S/C25H22ClFN2O4/c1-32-22-5-3-2-4-16(22)13-28-24(30)18-10-17-11-19(7-9-23(17)33-14-18)29-25(31)15-6-8-20(26)21(27)12-15/h2-9,11-12,18H,10,13-14H2,1H3,(H,28,30)(H,29,31). The molecule has 8 heteroatoms. The van der Waals surface area contributed by atoms with Gasteiger partial charge in [0.05, 0.1) is 18.1 Å². The number of rotatable bonds is 6. The number of benzene rings is 3. The Labute approximate surface area is 195 Å². The van der Waals surface area contributed by atoms with Crippen molar-refractivity contribution in [2.75, 3.05) is 19.0 Å². The van der Waals surface area contributed by atoms with E-state index in [1.807, 2.05) is 24.3 Å². The highest BCUT2D eigenvalue weighted by molar-refractivity contribution is 6.30. The van der Waals surface area contributed by atoms with E-state index in [1.165, 1.54) is 12.1 Å². The number of hydrogen-bond donors (Lipinski definition) is 2. The van der Waals surface area contributed by atoms with Crippen molar-refractivity contribution in [2.45, 2.75) is 13.0 Å². The van der Waals surface area contributed by atoms with E-state index in [0.29, 0.717) is 30.2 Å². The van der Waals surface area contributed by atoms with Crippen molar-refractivity contribution in [2.24, 2.45) is 5.92 Å². The summed E-state index contributed by atoms with van der Waals surface area (Å²) < 4.78 is 24.7. The highest BCUT2D eigenvalue weighted by Crippen LogP contribution is 2.30. The van der Waals surface area contributed by atoms with Gasteiger partial charge >= 0.3 is 0 Å². The van der Waals surface area contributed by atoms with Crippen molar-refractivity contribution in [3.8, 4) is 11.5 Å². The van der Waals surface area contributed by atoms with Crippen LogP contribution < -0.4 is 20.1 Å². The Morgan fingerprint density at radius 2 is 1.97 bits per heavy atom. The molecule has 2 amide bonds. The molecule has 0 fully saturated rings. The second kappa shape index (κ2) is 9.92. The molecule has 0 radical (unpaired) electrons. The van der Waals surface area contributed by atoms with E-state index in [-0.39, 0.29) is 29.0 Å². The molecule has 3 aromatic carbocycles. The Balaban J connectivity index is 1.40. The Morgan fingerprint density at radius 3 is 2.76 bits per heavy atom. The molecule has 1 heterocycles. The van der Waals surface area contributed by atoms with Gasteiger partial charge in [0.25, 0.3) is 5.91 Å². The first-order valence-corrected chi connectivity index (χ1v) is 10.7. The predicted molar refractivity (Wildman–Crippen MR) is 123 cm³/mol. The van der Waals surface area contributed by atoms with Gasteiger partial charge in [-0.05, 0) is 54.4 Å². The molecule has 2 N–H and O–H groups in total. The zero-order valence-corrected chi connectivity index (χ0v) is 18.6. The second-order valence-corrected chi connectivity index (χ2v) is 8.05. The maximum Gasteiger partial charge on any atom is 0.255 e. The Kier molecular flexibility index (Phi) is 6.79. The molecule has 170 valence electrons. The van der Waals surface area contributed by atoms with Crippen molar-refractivity contribution < 1.29 is 23.5 Å². The van der Waals surface area contributed by atoms with Crippen molar-refractivity contribution in [3.05, 3.63) is 88.2 Å². The van der Waals surface area contributed by atoms with E-state index < -0.39 is 11.7 Å². The molecule has 0 spiro atoms. The third-order valence-electron chi connectivity index (χ3n) is 5.42. The molecule has 0 aromatic heterocycles. The van der Waals surface area contributed by atoms with Crippen LogP contribution in [0.5, 0.6) is 11.5 Å². The Hall–Kier alpha value is -3.58. The van der Waals surface area contributed by atoms with Crippen LogP contribution in [-0.2, 0) is 17.8 Å². The van der Waals surface area contributed by atoms with Crippen molar-refractivity contribution >= 4 is 29.1 Å². The van der Waals surface area contributed by atoms with Crippen LogP contribution in [0.4, 0.5) is 10.1 Å². The summed E-state index contributed by atoms with van der Waals surface area (Å²) in [5.41, 5.74) is 2.36. The number of amides is 2. The highest BCUT2D eigenvalue weighted by Gasteiger charge is 2.26. The SMILES string of the molecule is COc1ccccc1CNC(=O)C1COc2ccc(NC(=O)c3ccc(Cl)c(F)c3)cc2C1. The fourth-order valence-electron chi connectivity index (χ4n) is 3.66. The molecular formula is C25H22ClFN2O4. The summed E-state index contributed by atoms with van der Waals surface area (Å²) in [6.45, 7) is 0.612. The molecule has 1 aliphatic rings. The van der Waals surface area contributed by atoms with Crippen LogP contribution in [0.25, 0.3) is 0 Å². The second-order valence-electron chi connectivity index (χ2n) is 7.65. The van der Waals surface area contributed by atoms with Crippen molar-refractivity contribution in [1.29, 1.82) is 0 Å². The molecule has 33 heavy (non-hydrogen) atoms. The predicted octanol–water partition coefficient (Wildman–Crippen LogP) is 4.61. The number of hydrogen-bond acceptors (Lipinski definition) is 4. The van der Waals surface area contributed by atoms with E-state index in [9.17, 15) is 14.0 Å². The third-order valence-corrected chi connectivity index (χ3v) is 5.73. The molecule has 0 saturated heterocycles. The summed E-state index contributed by atoms with van der Waals surface area (Å²) in [5.74, 6) is -0.247. The van der Waals surface area contributed by atoms with Crippen LogP contribution in [-0.4, -0.2) is 25.5 Å². The smallest absolute Gasteiger partial charge is 0.255 e. The summed E-state index contributed by atoms with van der Waals surface area (Å²) in [6, 6.07) is 16.6. The quantitative estimate of drug-likeness (QED) is 0.554. The minimum absolute atomic E-state index is 0.0486. The van der Waals surface area contributed by atoms with Gasteiger partial charge in [0.1, 0.15) is 23.9 Å². The average Bonchev–Trinajstić information content (AvgIpc) is 2.83. The van der Waals surface area contributed by atoms with Gasteiger partial charge in [-0.3, -0.25) is 9.59 Å². The lowest BCUT2D eigenvalue weighted by atomic mass is 9.95. The first-order chi connectivity index (χ1) is 15.9. The average molecular weight is 469 g/mol. The highest BCUT2D eigenvalue weighted by atomic mass is 35.5. The van der Waals surface area contributed by atoms with Crippen molar-refractivity contribution in [3.63, 3.8) is 0 Å². The molecule has 0 saturated carbocycles. The maximum absolute atomic E-state index is 13.7. The first kappa shape index (κ1) is 22.6. The van der Waals surface area contributed by atoms with E-state index in [2.05, 4.69) is 10.6 Å². The van der Waals surface area contributed by atoms with Gasteiger partial charge in [-0.25, -0.2) is 4.39 Å². The number of anilines is 1. The van der Waals surface area contributed by atoms with Gasteiger partial charge in [-0.1, -0.05) is 29.8 Å². The molecule has 0 aliphatic carbocycles. The zero-order valence-electron chi connectivity index (χ0n) is 17.9. The molecule has 0 bridgehead atoms. The normalized spacial score (nSPS) is 14.6. The van der Waals surface area contributed by atoms with E-state index >= 15 is 0 Å². The lowest BCUT2D eigenvalue weighted by Crippen LogP contribution is -2.37. The third kappa shape index (κ3) is 5.26. The molecule has 4 rings (SSSR count). The van der Waals surface area contributed by atoms with Crippen LogP contribution in [0.2, 0.25) is 5.02 Å². The summed E-state index contributed by atoms with van der Waals surface area (Å²) in [4.78, 5) is 25.2. The lowest BCUT2D eigenvalue weighted by Gasteiger charge is -2.25. The van der Waals surface area contributed by atoms with Gasteiger partial charge in [0.15, 0.2) is 0 Å². The number of carbonyl (C=O) groups is 2. The van der Waals surface area contributed by atoms with E-state index in [4.69, 9.17) is 21.1 Å². The summed E-state index contributed by atoms with van der Waals surface area (Å²) >= 11 is 5.68. The van der Waals surface area contributed by atoms with Gasteiger partial charge in [0, 0.05) is 23.4 Å². The molecule has 1 atom stereocenters. The van der Waals surface area contributed by atoms with E-state index in [1.54, 1.807) is 25.3 Å². The maximum atomic E-state index is 13.7. The topological polar surface area (TPSA) is 76.7 Å². The molecule has 6 nitrogen and oxygen atoms in total. The molecular weight excluding hydrogens is 447 g/mol. The monoisotopic (exact) mass is 468 g/mol. The van der Waals surface area contributed by atoms with Crippen LogP contribution in [0.3, 0.4) is 0 Å². The van der Waals surface area contributed by atoms with Crippen LogP contribution in [0.15, 0.2) is 60.7 Å². The number of methoxy groups -OCH3 is 1. The number of halogens is 2. The fourth-order valence-corrected chi connectivity index (χ4v) is 3.77. The summed E-state index contributed by atoms with van der Waals surface area (Å²) in [7, 11) is 1.59. The van der Waals surface area contributed by atoms with E-state index in [0.717, 1.165) is 17.2 Å². The van der Waals surface area contributed by atoms with Crippen molar-refractivity contribution in [1.82, 2.24) is 5.32 Å². The summed E-state index contributed by atoms with van der Waals surface area (Å²) in [6.07, 6.45) is 0.465. The van der Waals surface area contributed by atoms with Gasteiger partial charge in [-0.15, -0.1) is 0 Å². The van der Waals surface area contributed by atoms with Crippen LogP contribution in [0, 0.1) is 11.7 Å². The first-order valence-electron chi connectivity index (χ1n) is 10.4. The number of para-hydroxylation sites is 1. The Bertz CT molecular complexity index is 1200. The molecule has 1 unspecified atom stereocenters. The van der Waals surface area contributed by atoms with Gasteiger partial charge in [-0.2, -0.15) is 0 Å². The summed E-state index contributed by atoms with van der Waals surface area (Å²) in [5, 5.41) is 5.63. The van der Waals surface area contributed by atoms with Gasteiger partial charge < -0.3 is 20.1 Å². The lowest BCUT2D eigenvalue weighted by molar-refractivity contribution is -0.126. The Morgan fingerprint density at radius 1 is 1.15 bits per heavy atom. The molecule has 1 aliphatic heterocycles. The number of nitrogens with one attached hydrogen (secondary N) is 2. The van der Waals surface area contributed by atoms with Crippen LogP contribution in [0.1, 0.15) is 21.5 Å². The number of carbonyl (C=O) groups excluding carboxylic acids is 2. The number of ether oxygens (including phenoxy) is 2. The fraction of sp³-hybridized carbons (Fsp3) is 0.200. The minimum Gasteiger partial charge on any atom is -0.496 e. The largest absolute Gasteiger partial charge is 0.496 e. The molecule has 3 aromatic rings. The zero-order chi connectivity index (χ0) is 23.4. The van der Waals surface area contributed by atoms with Gasteiger partial charge in [0.2, 0.25) is 5.91 Å². The number of fused-ring (bicyclic) bond motifs is 1. The minimum atomic E-state index is -0.662. The van der Waals surface area contributed by atoms with Crippen LogP contribution >= 0.6 is 11.6 Å².